The van der Waals surface area contributed by atoms with Crippen LogP contribution in [0.15, 0.2) is 34.7 Å². The predicted molar refractivity (Wildman–Crippen MR) is 82.1 cm³/mol. The number of hydrogen-bond acceptors (Lipinski definition) is 4. The van der Waals surface area contributed by atoms with Crippen LogP contribution >= 0.6 is 34.5 Å². The number of aromatic nitrogens is 1. The molecule has 0 N–H and O–H groups in total. The second-order valence-electron chi connectivity index (χ2n) is 4.10. The van der Waals surface area contributed by atoms with Crippen molar-refractivity contribution in [2.45, 2.75) is 11.3 Å². The monoisotopic (exact) mass is 350 g/mol. The number of nitrogens with zero attached hydrogens (tertiary/aromatic N) is 2. The fourth-order valence-electron chi connectivity index (χ4n) is 1.57. The maximum absolute atomic E-state index is 12.3. The third-order valence-electron chi connectivity index (χ3n) is 2.73. The molecule has 0 aliphatic rings. The summed E-state index contributed by atoms with van der Waals surface area (Å²) in [5.41, 5.74) is 0. The standard InChI is InChI=1S/C12H12Cl2N2O2S2/c1-16(5-4-9-3-2-6-19-9)20(17,18)10-7-11(13)12(14)15-8-10/h2-3,6-8H,4-5H2,1H3. The quantitative estimate of drug-likeness (QED) is 0.777. The lowest BCUT2D eigenvalue weighted by atomic mass is 10.3. The molecule has 2 aromatic heterocycles. The molecule has 0 fully saturated rings. The smallest absolute Gasteiger partial charge is 0.242 e. The van der Waals surface area contributed by atoms with Crippen molar-refractivity contribution in [3.8, 4) is 0 Å². The maximum Gasteiger partial charge on any atom is 0.244 e. The van der Waals surface area contributed by atoms with E-state index in [4.69, 9.17) is 23.2 Å². The van der Waals surface area contributed by atoms with Crippen LogP contribution in [0.3, 0.4) is 0 Å². The van der Waals surface area contributed by atoms with E-state index in [2.05, 4.69) is 4.98 Å². The Bertz CT molecular complexity index is 687. The average molecular weight is 351 g/mol. The fourth-order valence-corrected chi connectivity index (χ4v) is 3.74. The Morgan fingerprint density at radius 3 is 2.75 bits per heavy atom. The zero-order valence-electron chi connectivity index (χ0n) is 10.6. The van der Waals surface area contributed by atoms with E-state index in [1.165, 1.54) is 23.6 Å². The minimum absolute atomic E-state index is 0.0422. The molecule has 4 nitrogen and oxygen atoms in total. The van der Waals surface area contributed by atoms with Gasteiger partial charge in [-0.25, -0.2) is 17.7 Å². The minimum Gasteiger partial charge on any atom is -0.242 e. The second kappa shape index (κ2) is 6.41. The van der Waals surface area contributed by atoms with Crippen molar-refractivity contribution in [1.82, 2.24) is 9.29 Å². The van der Waals surface area contributed by atoms with Crippen molar-refractivity contribution in [1.29, 1.82) is 0 Å². The van der Waals surface area contributed by atoms with Crippen molar-refractivity contribution in [3.05, 3.63) is 44.8 Å². The first-order chi connectivity index (χ1) is 9.41. The predicted octanol–water partition coefficient (Wildman–Crippen LogP) is 3.31. The first-order valence-electron chi connectivity index (χ1n) is 5.71. The van der Waals surface area contributed by atoms with E-state index in [0.717, 1.165) is 4.88 Å². The molecular formula is C12H12Cl2N2O2S2. The number of pyridine rings is 1. The van der Waals surface area contributed by atoms with Gasteiger partial charge in [-0.15, -0.1) is 11.3 Å². The highest BCUT2D eigenvalue weighted by Gasteiger charge is 2.22. The van der Waals surface area contributed by atoms with E-state index in [0.29, 0.717) is 13.0 Å². The molecule has 0 aromatic carbocycles. The summed E-state index contributed by atoms with van der Waals surface area (Å²) in [6.07, 6.45) is 1.88. The van der Waals surface area contributed by atoms with Gasteiger partial charge < -0.3 is 0 Å². The van der Waals surface area contributed by atoms with Gasteiger partial charge in [-0.1, -0.05) is 29.3 Å². The average Bonchev–Trinajstić information content (AvgIpc) is 2.92. The Balaban J connectivity index is 2.14. The molecule has 0 saturated carbocycles. The molecule has 0 atom stereocenters. The van der Waals surface area contributed by atoms with Gasteiger partial charge in [-0.05, 0) is 23.9 Å². The molecule has 8 heteroatoms. The van der Waals surface area contributed by atoms with Crippen LogP contribution in [0.4, 0.5) is 0 Å². The molecule has 0 amide bonds. The van der Waals surface area contributed by atoms with Gasteiger partial charge in [0, 0.05) is 24.7 Å². The van der Waals surface area contributed by atoms with Crippen molar-refractivity contribution >= 4 is 44.6 Å². The van der Waals surface area contributed by atoms with E-state index >= 15 is 0 Å². The molecule has 0 aliphatic heterocycles. The molecule has 0 spiro atoms. The number of likely N-dealkylation sites (N-methyl/N-ethyl adjacent to an activating group) is 1. The zero-order chi connectivity index (χ0) is 14.8. The Hall–Kier alpha value is -0.660. The van der Waals surface area contributed by atoms with Crippen LogP contribution in [0.5, 0.6) is 0 Å². The highest BCUT2D eigenvalue weighted by Crippen LogP contribution is 2.24. The van der Waals surface area contributed by atoms with Crippen molar-refractivity contribution in [2.24, 2.45) is 0 Å². The molecule has 0 aliphatic carbocycles. The lowest BCUT2D eigenvalue weighted by molar-refractivity contribution is 0.473. The molecule has 2 aromatic rings. The minimum atomic E-state index is -3.60. The molecule has 2 rings (SSSR count). The van der Waals surface area contributed by atoms with Gasteiger partial charge in [0.15, 0.2) is 0 Å². The van der Waals surface area contributed by atoms with Crippen LogP contribution in [0, 0.1) is 0 Å². The number of halogens is 2. The third-order valence-corrected chi connectivity index (χ3v) is 6.18. The van der Waals surface area contributed by atoms with Gasteiger partial charge >= 0.3 is 0 Å². The van der Waals surface area contributed by atoms with Crippen LogP contribution in [-0.2, 0) is 16.4 Å². The number of rotatable bonds is 5. The molecule has 0 unspecified atom stereocenters. The molecular weight excluding hydrogens is 339 g/mol. The van der Waals surface area contributed by atoms with E-state index < -0.39 is 10.0 Å². The van der Waals surface area contributed by atoms with Crippen LogP contribution in [-0.4, -0.2) is 31.3 Å². The van der Waals surface area contributed by atoms with E-state index in [1.54, 1.807) is 11.3 Å². The summed E-state index contributed by atoms with van der Waals surface area (Å²) in [6, 6.07) is 5.23. The Morgan fingerprint density at radius 1 is 1.40 bits per heavy atom. The fraction of sp³-hybridized carbons (Fsp3) is 0.250. The van der Waals surface area contributed by atoms with Crippen LogP contribution in [0.1, 0.15) is 4.88 Å². The topological polar surface area (TPSA) is 50.3 Å². The first kappa shape index (κ1) is 15.7. The largest absolute Gasteiger partial charge is 0.244 e. The van der Waals surface area contributed by atoms with Gasteiger partial charge in [0.25, 0.3) is 0 Å². The zero-order valence-corrected chi connectivity index (χ0v) is 13.7. The summed E-state index contributed by atoms with van der Waals surface area (Å²) in [7, 11) is -2.07. The van der Waals surface area contributed by atoms with E-state index in [1.807, 2.05) is 17.5 Å². The molecule has 0 radical (unpaired) electrons. The summed E-state index contributed by atoms with van der Waals surface area (Å²) in [6.45, 7) is 0.392. The Morgan fingerprint density at radius 2 is 2.15 bits per heavy atom. The summed E-state index contributed by atoms with van der Waals surface area (Å²) in [5.74, 6) is 0. The van der Waals surface area contributed by atoms with E-state index in [9.17, 15) is 8.42 Å². The van der Waals surface area contributed by atoms with Crippen LogP contribution in [0.2, 0.25) is 10.2 Å². The van der Waals surface area contributed by atoms with Gasteiger partial charge in [0.1, 0.15) is 10.0 Å². The molecule has 20 heavy (non-hydrogen) atoms. The van der Waals surface area contributed by atoms with Crippen molar-refractivity contribution in [3.63, 3.8) is 0 Å². The summed E-state index contributed by atoms with van der Waals surface area (Å²) in [5, 5.41) is 2.18. The van der Waals surface area contributed by atoms with Gasteiger partial charge in [-0.2, -0.15) is 0 Å². The lowest BCUT2D eigenvalue weighted by Crippen LogP contribution is -2.29. The van der Waals surface area contributed by atoms with Gasteiger partial charge in [0.05, 0.1) is 5.02 Å². The maximum atomic E-state index is 12.3. The summed E-state index contributed by atoms with van der Waals surface area (Å²) < 4.78 is 26.0. The normalized spacial score (nSPS) is 12.0. The third kappa shape index (κ3) is 3.51. The SMILES string of the molecule is CN(CCc1cccs1)S(=O)(=O)c1cnc(Cl)c(Cl)c1. The Labute approximate surface area is 132 Å². The number of hydrogen-bond donors (Lipinski definition) is 0. The number of sulfonamides is 1. The molecule has 2 heterocycles. The summed E-state index contributed by atoms with van der Waals surface area (Å²) in [4.78, 5) is 4.95. The lowest BCUT2D eigenvalue weighted by Gasteiger charge is -2.16. The molecule has 0 bridgehead atoms. The van der Waals surface area contributed by atoms with E-state index in [-0.39, 0.29) is 15.1 Å². The van der Waals surface area contributed by atoms with Crippen LogP contribution in [0.25, 0.3) is 0 Å². The molecule has 108 valence electrons. The van der Waals surface area contributed by atoms with Gasteiger partial charge in [0.2, 0.25) is 10.0 Å². The van der Waals surface area contributed by atoms with Crippen LogP contribution < -0.4 is 0 Å². The first-order valence-corrected chi connectivity index (χ1v) is 8.78. The second-order valence-corrected chi connectivity index (χ2v) is 7.94. The highest BCUT2D eigenvalue weighted by atomic mass is 35.5. The van der Waals surface area contributed by atoms with Gasteiger partial charge in [-0.3, -0.25) is 0 Å². The number of thiophene rings is 1. The van der Waals surface area contributed by atoms with Crippen molar-refractivity contribution in [2.75, 3.05) is 13.6 Å². The highest BCUT2D eigenvalue weighted by molar-refractivity contribution is 7.89. The summed E-state index contributed by atoms with van der Waals surface area (Å²) >= 11 is 13.1. The molecule has 0 saturated heterocycles. The van der Waals surface area contributed by atoms with Crippen molar-refractivity contribution < 1.29 is 8.42 Å². The Kier molecular flexibility index (Phi) is 5.04.